The summed E-state index contributed by atoms with van der Waals surface area (Å²) in [6.45, 7) is 0. The lowest BCUT2D eigenvalue weighted by Gasteiger charge is -2.20. The molecule has 10 aromatic rings. The Bertz CT molecular complexity index is 3120. The van der Waals surface area contributed by atoms with Crippen molar-refractivity contribution < 1.29 is 0 Å². The van der Waals surface area contributed by atoms with Crippen molar-refractivity contribution in [1.29, 1.82) is 10.5 Å². The van der Waals surface area contributed by atoms with Crippen molar-refractivity contribution >= 4 is 43.6 Å². The first-order valence-electron chi connectivity index (χ1n) is 18.0. The van der Waals surface area contributed by atoms with Gasteiger partial charge in [0, 0.05) is 32.8 Å². The van der Waals surface area contributed by atoms with Crippen LogP contribution in [0.5, 0.6) is 0 Å². The Morgan fingerprint density at radius 3 is 1.44 bits per heavy atom. The van der Waals surface area contributed by atoms with Gasteiger partial charge in [-0.05, 0) is 88.5 Å². The van der Waals surface area contributed by atoms with Crippen LogP contribution in [0.25, 0.3) is 88.4 Å². The van der Waals surface area contributed by atoms with Gasteiger partial charge in [-0.3, -0.25) is 0 Å². The molecule has 0 saturated heterocycles. The first-order valence-corrected chi connectivity index (χ1v) is 18.0. The molecule has 10 rings (SSSR count). The third-order valence-corrected chi connectivity index (χ3v) is 10.6. The van der Waals surface area contributed by atoms with Crippen LogP contribution in [0.1, 0.15) is 11.1 Å². The summed E-state index contributed by atoms with van der Waals surface area (Å²) in [6, 6.07) is 68.1. The Kier molecular flexibility index (Phi) is 7.22. The molecule has 0 amide bonds. The summed E-state index contributed by atoms with van der Waals surface area (Å²) in [4.78, 5) is 0. The van der Waals surface area contributed by atoms with Crippen LogP contribution in [0.4, 0.5) is 0 Å². The number of nitrogens with zero attached hydrogens (tertiary/aromatic N) is 4. The number of benzene rings is 8. The molecular weight excluding hydrogens is 657 g/mol. The van der Waals surface area contributed by atoms with Crippen LogP contribution >= 0.6 is 0 Å². The van der Waals surface area contributed by atoms with E-state index in [2.05, 4.69) is 173 Å². The Balaban J connectivity index is 1.29. The molecule has 0 aliphatic rings. The van der Waals surface area contributed by atoms with Crippen LogP contribution in [-0.2, 0) is 0 Å². The minimum absolute atomic E-state index is 0.362. The first kappa shape index (κ1) is 31.1. The maximum Gasteiger partial charge on any atom is 0.101 e. The topological polar surface area (TPSA) is 57.4 Å². The van der Waals surface area contributed by atoms with Crippen molar-refractivity contribution in [2.24, 2.45) is 0 Å². The fraction of sp³-hybridized carbons (Fsp3) is 0. The van der Waals surface area contributed by atoms with E-state index in [1.807, 2.05) is 24.3 Å². The highest BCUT2D eigenvalue weighted by Crippen LogP contribution is 2.44. The van der Waals surface area contributed by atoms with E-state index in [-0.39, 0.29) is 0 Å². The van der Waals surface area contributed by atoms with E-state index in [4.69, 9.17) is 0 Å². The number of hydrogen-bond acceptors (Lipinski definition) is 2. The lowest BCUT2D eigenvalue weighted by molar-refractivity contribution is 1.17. The molecule has 0 unspecified atom stereocenters. The Labute approximate surface area is 312 Å². The Hall–Kier alpha value is -7.66. The van der Waals surface area contributed by atoms with Crippen LogP contribution < -0.4 is 0 Å². The number of hydrogen-bond donors (Lipinski definition) is 0. The molecule has 0 atom stereocenters. The van der Waals surface area contributed by atoms with Crippen LogP contribution in [0, 0.1) is 22.7 Å². The first-order chi connectivity index (χ1) is 26.7. The van der Waals surface area contributed by atoms with Gasteiger partial charge < -0.3 is 9.13 Å². The van der Waals surface area contributed by atoms with Crippen LogP contribution in [0.3, 0.4) is 0 Å². The lowest BCUT2D eigenvalue weighted by atomic mass is 9.88. The molecule has 4 nitrogen and oxygen atoms in total. The number of nitriles is 2. The van der Waals surface area contributed by atoms with Crippen LogP contribution in [-0.4, -0.2) is 9.13 Å². The highest BCUT2D eigenvalue weighted by atomic mass is 15.0. The maximum atomic E-state index is 9.99. The predicted octanol–water partition coefficient (Wildman–Crippen LogP) is 12.6. The summed E-state index contributed by atoms with van der Waals surface area (Å²) < 4.78 is 4.78. The molecule has 0 spiro atoms. The molecule has 0 radical (unpaired) electrons. The molecular formula is C50H30N4. The Morgan fingerprint density at radius 1 is 0.333 bits per heavy atom. The van der Waals surface area contributed by atoms with Crippen LogP contribution in [0.15, 0.2) is 182 Å². The van der Waals surface area contributed by atoms with Gasteiger partial charge in [-0.25, -0.2) is 0 Å². The zero-order chi connectivity index (χ0) is 36.2. The van der Waals surface area contributed by atoms with Crippen molar-refractivity contribution in [3.63, 3.8) is 0 Å². The molecule has 54 heavy (non-hydrogen) atoms. The standard InChI is InChI=1S/C50H30N4/c51-31-36-24-23-35(27-37(36)32-52)42-29-44(34-15-5-2-6-16-34)50(30-43(42)33-13-3-1-4-14-33)54-48-22-12-9-19-41(48)45-28-38(25-26-49(45)54)53-46-20-10-7-17-39(46)40-18-8-11-21-47(40)53/h1-30H. The fourth-order valence-corrected chi connectivity index (χ4v) is 8.18. The molecule has 4 heteroatoms. The Morgan fingerprint density at radius 2 is 0.833 bits per heavy atom. The van der Waals surface area contributed by atoms with E-state index in [1.165, 1.54) is 32.6 Å². The smallest absolute Gasteiger partial charge is 0.101 e. The molecule has 0 N–H and O–H groups in total. The molecule has 0 aliphatic carbocycles. The summed E-state index contributed by atoms with van der Waals surface area (Å²) in [7, 11) is 0. The second-order valence-electron chi connectivity index (χ2n) is 13.6. The van der Waals surface area contributed by atoms with Gasteiger partial charge in [0.15, 0.2) is 0 Å². The summed E-state index contributed by atoms with van der Waals surface area (Å²) in [5.41, 5.74) is 13.6. The predicted molar refractivity (Wildman–Crippen MR) is 221 cm³/mol. The average Bonchev–Trinajstić information content (AvgIpc) is 3.76. The fourth-order valence-electron chi connectivity index (χ4n) is 8.18. The third kappa shape index (κ3) is 4.83. The van der Waals surface area contributed by atoms with Gasteiger partial charge in [0.1, 0.15) is 12.1 Å². The van der Waals surface area contributed by atoms with Gasteiger partial charge in [0.2, 0.25) is 0 Å². The second kappa shape index (κ2) is 12.5. The zero-order valence-corrected chi connectivity index (χ0v) is 29.1. The lowest BCUT2D eigenvalue weighted by Crippen LogP contribution is -2.00. The number of aromatic nitrogens is 2. The van der Waals surface area contributed by atoms with E-state index in [0.717, 1.165) is 55.8 Å². The van der Waals surface area contributed by atoms with Gasteiger partial charge in [-0.15, -0.1) is 0 Å². The van der Waals surface area contributed by atoms with Crippen molar-refractivity contribution in [2.45, 2.75) is 0 Å². The molecule has 0 saturated carbocycles. The monoisotopic (exact) mass is 686 g/mol. The molecule has 0 aliphatic heterocycles. The number of fused-ring (bicyclic) bond motifs is 6. The summed E-state index contributed by atoms with van der Waals surface area (Å²) in [6.07, 6.45) is 0. The largest absolute Gasteiger partial charge is 0.309 e. The maximum absolute atomic E-state index is 9.99. The number of rotatable bonds is 5. The van der Waals surface area contributed by atoms with E-state index in [0.29, 0.717) is 11.1 Å². The van der Waals surface area contributed by atoms with Gasteiger partial charge in [-0.1, -0.05) is 121 Å². The minimum Gasteiger partial charge on any atom is -0.309 e. The third-order valence-electron chi connectivity index (χ3n) is 10.6. The van der Waals surface area contributed by atoms with E-state index < -0.39 is 0 Å². The van der Waals surface area contributed by atoms with Crippen molar-refractivity contribution in [2.75, 3.05) is 0 Å². The van der Waals surface area contributed by atoms with Crippen LogP contribution in [0.2, 0.25) is 0 Å². The average molecular weight is 687 g/mol. The van der Waals surface area contributed by atoms with Gasteiger partial charge in [-0.2, -0.15) is 10.5 Å². The van der Waals surface area contributed by atoms with Crippen molar-refractivity contribution in [3.05, 3.63) is 193 Å². The normalized spacial score (nSPS) is 11.3. The second-order valence-corrected chi connectivity index (χ2v) is 13.6. The molecule has 0 bridgehead atoms. The zero-order valence-electron chi connectivity index (χ0n) is 29.1. The SMILES string of the molecule is N#Cc1ccc(-c2cc(-c3ccccc3)c(-n3c4ccccc4c4cc(-n5c6ccccc6c6ccccc65)ccc43)cc2-c2ccccc2)cc1C#N. The van der Waals surface area contributed by atoms with Gasteiger partial charge in [0.25, 0.3) is 0 Å². The van der Waals surface area contributed by atoms with E-state index >= 15 is 0 Å². The van der Waals surface area contributed by atoms with E-state index in [1.54, 1.807) is 6.07 Å². The minimum atomic E-state index is 0.362. The molecule has 2 heterocycles. The summed E-state index contributed by atoms with van der Waals surface area (Å²) in [5.74, 6) is 0. The highest BCUT2D eigenvalue weighted by Gasteiger charge is 2.21. The highest BCUT2D eigenvalue weighted by molar-refractivity contribution is 6.13. The molecule has 8 aromatic carbocycles. The number of para-hydroxylation sites is 3. The molecule has 2 aromatic heterocycles. The molecule has 250 valence electrons. The van der Waals surface area contributed by atoms with Gasteiger partial charge >= 0.3 is 0 Å². The summed E-state index contributed by atoms with van der Waals surface area (Å²) >= 11 is 0. The molecule has 0 fully saturated rings. The van der Waals surface area contributed by atoms with Crippen molar-refractivity contribution in [1.82, 2.24) is 9.13 Å². The summed E-state index contributed by atoms with van der Waals surface area (Å²) in [5, 5.41) is 24.5. The van der Waals surface area contributed by atoms with Crippen molar-refractivity contribution in [3.8, 4) is 56.9 Å². The quantitative estimate of drug-likeness (QED) is 0.181. The van der Waals surface area contributed by atoms with Gasteiger partial charge in [0.05, 0.1) is 38.9 Å². The van der Waals surface area contributed by atoms with E-state index in [9.17, 15) is 10.5 Å².